The lowest BCUT2D eigenvalue weighted by atomic mass is 10.1. The minimum absolute atomic E-state index is 0.226. The number of rotatable bonds is 4. The maximum absolute atomic E-state index is 12.3. The Balaban J connectivity index is 1.81. The second-order valence-corrected chi connectivity index (χ2v) is 6.09. The van der Waals surface area contributed by atoms with Crippen LogP contribution in [0.5, 0.6) is 0 Å². The number of nitrogens with zero attached hydrogens (tertiary/aromatic N) is 2. The van der Waals surface area contributed by atoms with Crippen molar-refractivity contribution in [1.82, 2.24) is 9.13 Å². The molecule has 3 aromatic rings. The van der Waals surface area contributed by atoms with Gasteiger partial charge in [0.25, 0.3) is 0 Å². The monoisotopic (exact) mass is 349 g/mol. The minimum Gasteiger partial charge on any atom is -0.325 e. The molecule has 0 radical (unpaired) electrons. The Morgan fingerprint density at radius 2 is 1.65 bits per heavy atom. The topological polar surface area (TPSA) is 73.1 Å². The number of hydrogen-bond acceptors (Lipinski definition) is 3. The van der Waals surface area contributed by atoms with Crippen LogP contribution < -0.4 is 16.4 Å². The molecule has 0 atom stereocenters. The van der Waals surface area contributed by atoms with Crippen LogP contribution in [0.3, 0.4) is 0 Å². The van der Waals surface area contributed by atoms with E-state index in [1.807, 2.05) is 32.0 Å². The predicted octanol–water partition coefficient (Wildman–Crippen LogP) is 2.25. The first-order valence-corrected chi connectivity index (χ1v) is 8.20. The Kier molecular flexibility index (Phi) is 4.84. The molecule has 6 nitrogen and oxygen atoms in total. The van der Waals surface area contributed by atoms with E-state index in [9.17, 15) is 14.4 Å². The molecular formula is C20H19N3O3. The molecule has 0 unspecified atom stereocenters. The van der Waals surface area contributed by atoms with Crippen molar-refractivity contribution in [2.75, 3.05) is 5.32 Å². The molecule has 0 bridgehead atoms. The molecule has 1 amide bonds. The number of carbonyl (C=O) groups excluding carboxylic acids is 1. The van der Waals surface area contributed by atoms with E-state index < -0.39 is 11.1 Å². The van der Waals surface area contributed by atoms with Crippen LogP contribution >= 0.6 is 0 Å². The van der Waals surface area contributed by atoms with Gasteiger partial charge >= 0.3 is 11.1 Å². The van der Waals surface area contributed by atoms with Crippen molar-refractivity contribution >= 4 is 11.6 Å². The third-order valence-electron chi connectivity index (χ3n) is 4.20. The molecule has 1 N–H and O–H groups in total. The van der Waals surface area contributed by atoms with E-state index in [0.29, 0.717) is 11.4 Å². The van der Waals surface area contributed by atoms with E-state index in [1.54, 1.807) is 30.3 Å². The Bertz CT molecular complexity index is 1070. The predicted molar refractivity (Wildman–Crippen MR) is 101 cm³/mol. The average Bonchev–Trinajstić information content (AvgIpc) is 2.63. The maximum atomic E-state index is 12.3. The fourth-order valence-corrected chi connectivity index (χ4v) is 2.60. The number of nitrogens with one attached hydrogen (secondary N) is 1. The third-order valence-corrected chi connectivity index (χ3v) is 4.20. The van der Waals surface area contributed by atoms with E-state index in [2.05, 4.69) is 5.32 Å². The molecule has 1 aromatic heterocycles. The highest BCUT2D eigenvalue weighted by molar-refractivity contribution is 5.90. The quantitative estimate of drug-likeness (QED) is 0.734. The van der Waals surface area contributed by atoms with Gasteiger partial charge in [0, 0.05) is 23.8 Å². The second-order valence-electron chi connectivity index (χ2n) is 6.09. The summed E-state index contributed by atoms with van der Waals surface area (Å²) in [5.74, 6) is -0.368. The van der Waals surface area contributed by atoms with Crippen LogP contribution in [0.15, 0.2) is 70.5 Å². The van der Waals surface area contributed by atoms with Crippen molar-refractivity contribution in [2.24, 2.45) is 0 Å². The van der Waals surface area contributed by atoms with Gasteiger partial charge in [-0.05, 0) is 49.2 Å². The number of para-hydroxylation sites is 1. The van der Waals surface area contributed by atoms with E-state index in [0.717, 1.165) is 15.7 Å². The molecule has 0 aliphatic carbocycles. The van der Waals surface area contributed by atoms with Gasteiger partial charge in [0.05, 0.1) is 0 Å². The first-order valence-electron chi connectivity index (χ1n) is 8.20. The highest BCUT2D eigenvalue weighted by atomic mass is 16.2. The molecular weight excluding hydrogens is 330 g/mol. The molecule has 6 heteroatoms. The third kappa shape index (κ3) is 3.64. The Labute approximate surface area is 150 Å². The normalized spacial score (nSPS) is 10.5. The standard InChI is InChI=1S/C20H19N3O3/c1-14-8-9-16(12-15(14)2)21-18(24)13-22-10-11-23(20(26)19(22)25)17-6-4-3-5-7-17/h3-12H,13H2,1-2H3,(H,21,24). The van der Waals surface area contributed by atoms with Gasteiger partial charge in [0.1, 0.15) is 6.54 Å². The van der Waals surface area contributed by atoms with E-state index >= 15 is 0 Å². The molecule has 0 spiro atoms. The van der Waals surface area contributed by atoms with Crippen molar-refractivity contribution < 1.29 is 4.79 Å². The van der Waals surface area contributed by atoms with Crippen molar-refractivity contribution in [2.45, 2.75) is 20.4 Å². The molecule has 0 aliphatic heterocycles. The highest BCUT2D eigenvalue weighted by Gasteiger charge is 2.10. The van der Waals surface area contributed by atoms with Crippen LogP contribution in [0.2, 0.25) is 0 Å². The summed E-state index contributed by atoms with van der Waals surface area (Å²) in [6.45, 7) is 3.72. The van der Waals surface area contributed by atoms with E-state index in [4.69, 9.17) is 0 Å². The van der Waals surface area contributed by atoms with Crippen LogP contribution in [0.4, 0.5) is 5.69 Å². The number of aryl methyl sites for hydroxylation is 2. The van der Waals surface area contributed by atoms with Crippen LogP contribution in [0, 0.1) is 13.8 Å². The maximum Gasteiger partial charge on any atom is 0.320 e. The van der Waals surface area contributed by atoms with Crippen LogP contribution in [-0.4, -0.2) is 15.0 Å². The van der Waals surface area contributed by atoms with Gasteiger partial charge in [-0.1, -0.05) is 24.3 Å². The molecule has 0 aliphatic rings. The zero-order valence-electron chi connectivity index (χ0n) is 14.6. The highest BCUT2D eigenvalue weighted by Crippen LogP contribution is 2.14. The van der Waals surface area contributed by atoms with Crippen LogP contribution in [-0.2, 0) is 11.3 Å². The van der Waals surface area contributed by atoms with Gasteiger partial charge in [-0.25, -0.2) is 0 Å². The van der Waals surface area contributed by atoms with Crippen molar-refractivity contribution in [1.29, 1.82) is 0 Å². The van der Waals surface area contributed by atoms with Gasteiger partial charge in [-0.2, -0.15) is 0 Å². The molecule has 132 valence electrons. The molecule has 0 saturated carbocycles. The zero-order chi connectivity index (χ0) is 18.7. The lowest BCUT2D eigenvalue weighted by Gasteiger charge is -2.10. The van der Waals surface area contributed by atoms with Gasteiger partial charge in [0.15, 0.2) is 0 Å². The average molecular weight is 349 g/mol. The smallest absolute Gasteiger partial charge is 0.320 e. The largest absolute Gasteiger partial charge is 0.325 e. The van der Waals surface area contributed by atoms with E-state index in [-0.39, 0.29) is 12.5 Å². The Hall–Kier alpha value is -3.41. The van der Waals surface area contributed by atoms with Gasteiger partial charge in [-0.15, -0.1) is 0 Å². The molecule has 26 heavy (non-hydrogen) atoms. The number of anilines is 1. The summed E-state index contributed by atoms with van der Waals surface area (Å²) in [5.41, 5.74) is 2.00. The summed E-state index contributed by atoms with van der Waals surface area (Å²) in [6.07, 6.45) is 2.93. The first-order chi connectivity index (χ1) is 12.5. The van der Waals surface area contributed by atoms with Gasteiger partial charge < -0.3 is 5.32 Å². The number of carbonyl (C=O) groups is 1. The summed E-state index contributed by atoms with van der Waals surface area (Å²) < 4.78 is 2.37. The lowest BCUT2D eigenvalue weighted by Crippen LogP contribution is -2.41. The SMILES string of the molecule is Cc1ccc(NC(=O)Cn2ccn(-c3ccccc3)c(=O)c2=O)cc1C. The fraction of sp³-hybridized carbons (Fsp3) is 0.150. The molecule has 3 rings (SSSR count). The number of hydrogen-bond donors (Lipinski definition) is 1. The van der Waals surface area contributed by atoms with Gasteiger partial charge in [0.2, 0.25) is 5.91 Å². The number of amides is 1. The van der Waals surface area contributed by atoms with E-state index in [1.165, 1.54) is 17.0 Å². The molecule has 0 saturated heterocycles. The fourth-order valence-electron chi connectivity index (χ4n) is 2.60. The summed E-state index contributed by atoms with van der Waals surface area (Å²) in [7, 11) is 0. The number of benzene rings is 2. The Morgan fingerprint density at radius 1 is 0.923 bits per heavy atom. The zero-order valence-corrected chi connectivity index (χ0v) is 14.6. The molecule has 0 fully saturated rings. The van der Waals surface area contributed by atoms with Crippen molar-refractivity contribution in [3.05, 3.63) is 92.8 Å². The Morgan fingerprint density at radius 3 is 2.35 bits per heavy atom. The summed E-state index contributed by atoms with van der Waals surface area (Å²) >= 11 is 0. The van der Waals surface area contributed by atoms with Crippen molar-refractivity contribution in [3.8, 4) is 5.69 Å². The molecule has 1 heterocycles. The summed E-state index contributed by atoms with van der Waals surface area (Å²) in [4.78, 5) is 36.8. The van der Waals surface area contributed by atoms with Crippen LogP contribution in [0.1, 0.15) is 11.1 Å². The summed E-state index contributed by atoms with van der Waals surface area (Å²) in [5, 5.41) is 2.74. The minimum atomic E-state index is -0.744. The number of aromatic nitrogens is 2. The summed E-state index contributed by atoms with van der Waals surface area (Å²) in [6, 6.07) is 14.4. The first kappa shape index (κ1) is 17.4. The second kappa shape index (κ2) is 7.23. The van der Waals surface area contributed by atoms with Crippen molar-refractivity contribution in [3.63, 3.8) is 0 Å². The van der Waals surface area contributed by atoms with Gasteiger partial charge in [-0.3, -0.25) is 23.5 Å². The lowest BCUT2D eigenvalue weighted by molar-refractivity contribution is -0.116. The molecule has 2 aromatic carbocycles. The van der Waals surface area contributed by atoms with Crippen LogP contribution in [0.25, 0.3) is 5.69 Å².